The molecule has 1 saturated carbocycles. The first kappa shape index (κ1) is 14.4. The number of hydrogen-bond acceptors (Lipinski definition) is 3. The molecule has 0 heterocycles. The Morgan fingerprint density at radius 3 is 2.42 bits per heavy atom. The molecule has 3 nitrogen and oxygen atoms in total. The first-order chi connectivity index (χ1) is 9.33. The van der Waals surface area contributed by atoms with E-state index in [0.29, 0.717) is 6.04 Å². The van der Waals surface area contributed by atoms with Crippen molar-refractivity contribution in [2.75, 3.05) is 20.3 Å². The van der Waals surface area contributed by atoms with Crippen LogP contribution in [0.1, 0.15) is 37.7 Å². The maximum atomic E-state index is 9.27. The van der Waals surface area contributed by atoms with Crippen molar-refractivity contribution in [1.82, 2.24) is 4.90 Å². The Balaban J connectivity index is 1.97. The molecular formula is C16H25NO2. The lowest BCUT2D eigenvalue weighted by Crippen LogP contribution is -2.38. The second-order valence-electron chi connectivity index (χ2n) is 5.33. The zero-order chi connectivity index (χ0) is 13.5. The molecule has 0 aliphatic heterocycles. The standard InChI is InChI=1S/C16H25NO2/c1-19-16-9-7-14(8-10-16)13-17(11-12-18)15-5-3-2-4-6-15/h7-10,15,18H,2-6,11-13H2,1H3. The lowest BCUT2D eigenvalue weighted by Gasteiger charge is -2.34. The first-order valence-electron chi connectivity index (χ1n) is 7.31. The highest BCUT2D eigenvalue weighted by molar-refractivity contribution is 5.27. The number of aliphatic hydroxyl groups excluding tert-OH is 1. The monoisotopic (exact) mass is 263 g/mol. The molecule has 3 heteroatoms. The van der Waals surface area contributed by atoms with Crippen molar-refractivity contribution in [3.63, 3.8) is 0 Å². The van der Waals surface area contributed by atoms with E-state index in [1.807, 2.05) is 12.1 Å². The third-order valence-corrected chi connectivity index (χ3v) is 4.02. The molecule has 2 rings (SSSR count). The molecule has 1 aromatic carbocycles. The molecule has 19 heavy (non-hydrogen) atoms. The summed E-state index contributed by atoms with van der Waals surface area (Å²) in [4.78, 5) is 2.43. The molecule has 106 valence electrons. The normalized spacial score (nSPS) is 16.8. The highest BCUT2D eigenvalue weighted by Crippen LogP contribution is 2.24. The van der Waals surface area contributed by atoms with Gasteiger partial charge in [0.25, 0.3) is 0 Å². The number of methoxy groups -OCH3 is 1. The minimum absolute atomic E-state index is 0.243. The van der Waals surface area contributed by atoms with Crippen molar-refractivity contribution in [1.29, 1.82) is 0 Å². The fraction of sp³-hybridized carbons (Fsp3) is 0.625. The Bertz CT molecular complexity index is 358. The lowest BCUT2D eigenvalue weighted by molar-refractivity contribution is 0.117. The largest absolute Gasteiger partial charge is 0.497 e. The number of hydrogen-bond donors (Lipinski definition) is 1. The van der Waals surface area contributed by atoms with E-state index in [1.54, 1.807) is 7.11 Å². The van der Waals surface area contributed by atoms with Gasteiger partial charge in [0.1, 0.15) is 5.75 Å². The fourth-order valence-electron chi connectivity index (χ4n) is 2.93. The average Bonchev–Trinajstić information content (AvgIpc) is 2.48. The molecule has 0 spiro atoms. The third kappa shape index (κ3) is 4.22. The molecule has 1 aliphatic rings. The average molecular weight is 263 g/mol. The van der Waals surface area contributed by atoms with Crippen molar-refractivity contribution < 1.29 is 9.84 Å². The summed E-state index contributed by atoms with van der Waals surface area (Å²) in [5.41, 5.74) is 1.29. The number of aliphatic hydroxyl groups is 1. The molecule has 0 radical (unpaired) electrons. The van der Waals surface area contributed by atoms with E-state index < -0.39 is 0 Å². The summed E-state index contributed by atoms with van der Waals surface area (Å²) in [5, 5.41) is 9.27. The van der Waals surface area contributed by atoms with Gasteiger partial charge in [0.15, 0.2) is 0 Å². The number of rotatable bonds is 6. The van der Waals surface area contributed by atoms with Crippen LogP contribution in [0.5, 0.6) is 5.75 Å². The SMILES string of the molecule is COc1ccc(CN(CCO)C2CCCCC2)cc1. The molecule has 0 unspecified atom stereocenters. The van der Waals surface area contributed by atoms with Crippen LogP contribution in [0.15, 0.2) is 24.3 Å². The van der Waals surface area contributed by atoms with E-state index in [2.05, 4.69) is 17.0 Å². The van der Waals surface area contributed by atoms with E-state index in [1.165, 1.54) is 37.7 Å². The highest BCUT2D eigenvalue weighted by Gasteiger charge is 2.20. The van der Waals surface area contributed by atoms with E-state index in [-0.39, 0.29) is 6.61 Å². The lowest BCUT2D eigenvalue weighted by atomic mass is 9.94. The molecule has 0 saturated heterocycles. The summed E-state index contributed by atoms with van der Waals surface area (Å²) in [6, 6.07) is 8.89. The fourth-order valence-corrected chi connectivity index (χ4v) is 2.93. The van der Waals surface area contributed by atoms with Crippen LogP contribution < -0.4 is 4.74 Å². The summed E-state index contributed by atoms with van der Waals surface area (Å²) >= 11 is 0. The second-order valence-corrected chi connectivity index (χ2v) is 5.33. The minimum Gasteiger partial charge on any atom is -0.497 e. The number of ether oxygens (including phenoxy) is 1. The summed E-state index contributed by atoms with van der Waals surface area (Å²) in [5.74, 6) is 0.898. The van der Waals surface area contributed by atoms with Gasteiger partial charge in [-0.1, -0.05) is 31.4 Å². The molecule has 1 N–H and O–H groups in total. The summed E-state index contributed by atoms with van der Waals surface area (Å²) in [6.45, 7) is 1.94. The summed E-state index contributed by atoms with van der Waals surface area (Å²) < 4.78 is 5.18. The minimum atomic E-state index is 0.243. The van der Waals surface area contributed by atoms with Crippen molar-refractivity contribution in [3.05, 3.63) is 29.8 Å². The Morgan fingerprint density at radius 1 is 1.16 bits per heavy atom. The van der Waals surface area contributed by atoms with E-state index >= 15 is 0 Å². The van der Waals surface area contributed by atoms with Gasteiger partial charge in [-0.3, -0.25) is 4.90 Å². The van der Waals surface area contributed by atoms with Crippen LogP contribution in [0.2, 0.25) is 0 Å². The predicted molar refractivity (Wildman–Crippen MR) is 77.4 cm³/mol. The maximum Gasteiger partial charge on any atom is 0.118 e. The van der Waals surface area contributed by atoms with Gasteiger partial charge in [-0.15, -0.1) is 0 Å². The highest BCUT2D eigenvalue weighted by atomic mass is 16.5. The van der Waals surface area contributed by atoms with Crippen LogP contribution in [0, 0.1) is 0 Å². The molecule has 0 atom stereocenters. The zero-order valence-electron chi connectivity index (χ0n) is 11.8. The van der Waals surface area contributed by atoms with Crippen LogP contribution in [0.4, 0.5) is 0 Å². The smallest absolute Gasteiger partial charge is 0.118 e. The molecule has 0 aromatic heterocycles. The Labute approximate surface area is 116 Å². The Hall–Kier alpha value is -1.06. The van der Waals surface area contributed by atoms with Crippen molar-refractivity contribution in [2.45, 2.75) is 44.7 Å². The third-order valence-electron chi connectivity index (χ3n) is 4.02. The van der Waals surface area contributed by atoms with E-state index in [4.69, 9.17) is 4.74 Å². The van der Waals surface area contributed by atoms with Gasteiger partial charge in [-0.2, -0.15) is 0 Å². The van der Waals surface area contributed by atoms with Crippen LogP contribution in [-0.4, -0.2) is 36.3 Å². The first-order valence-corrected chi connectivity index (χ1v) is 7.31. The Morgan fingerprint density at radius 2 is 1.84 bits per heavy atom. The maximum absolute atomic E-state index is 9.27. The van der Waals surface area contributed by atoms with Gasteiger partial charge in [0.2, 0.25) is 0 Å². The van der Waals surface area contributed by atoms with Crippen molar-refractivity contribution in [2.24, 2.45) is 0 Å². The van der Waals surface area contributed by atoms with Gasteiger partial charge in [-0.05, 0) is 30.5 Å². The molecule has 1 fully saturated rings. The van der Waals surface area contributed by atoms with Gasteiger partial charge < -0.3 is 9.84 Å². The zero-order valence-corrected chi connectivity index (χ0v) is 11.8. The van der Waals surface area contributed by atoms with E-state index in [9.17, 15) is 5.11 Å². The topological polar surface area (TPSA) is 32.7 Å². The van der Waals surface area contributed by atoms with Gasteiger partial charge >= 0.3 is 0 Å². The number of benzene rings is 1. The van der Waals surface area contributed by atoms with Gasteiger partial charge in [0.05, 0.1) is 13.7 Å². The molecule has 1 aliphatic carbocycles. The second kappa shape index (κ2) is 7.51. The van der Waals surface area contributed by atoms with Gasteiger partial charge in [-0.25, -0.2) is 0 Å². The van der Waals surface area contributed by atoms with Crippen LogP contribution in [-0.2, 0) is 6.54 Å². The summed E-state index contributed by atoms with van der Waals surface area (Å²) in [7, 11) is 1.69. The number of nitrogens with zero attached hydrogens (tertiary/aromatic N) is 1. The molecule has 0 amide bonds. The van der Waals surface area contributed by atoms with Crippen molar-refractivity contribution >= 4 is 0 Å². The summed E-state index contributed by atoms with van der Waals surface area (Å²) in [6.07, 6.45) is 6.57. The van der Waals surface area contributed by atoms with Crippen LogP contribution >= 0.6 is 0 Å². The Kier molecular flexibility index (Phi) is 5.67. The van der Waals surface area contributed by atoms with E-state index in [0.717, 1.165) is 18.8 Å². The van der Waals surface area contributed by atoms with Gasteiger partial charge in [0, 0.05) is 19.1 Å². The van der Waals surface area contributed by atoms with Crippen molar-refractivity contribution in [3.8, 4) is 5.75 Å². The molecule has 0 bridgehead atoms. The predicted octanol–water partition coefficient (Wildman–Crippen LogP) is 2.82. The van der Waals surface area contributed by atoms with Crippen LogP contribution in [0.3, 0.4) is 0 Å². The molecule has 1 aromatic rings. The quantitative estimate of drug-likeness (QED) is 0.856. The van der Waals surface area contributed by atoms with Crippen LogP contribution in [0.25, 0.3) is 0 Å². The molecular weight excluding hydrogens is 238 g/mol.